The summed E-state index contributed by atoms with van der Waals surface area (Å²) in [5.41, 5.74) is 1.15. The number of carbonyl (C=O) groups is 2. The molecule has 1 atom stereocenters. The predicted molar refractivity (Wildman–Crippen MR) is 80.3 cm³/mol. The Hall–Kier alpha value is -2.04. The number of carbonyl (C=O) groups excluding carboxylic acids is 1. The van der Waals surface area contributed by atoms with Crippen molar-refractivity contribution in [2.75, 3.05) is 6.61 Å². The number of rotatable bonds is 8. The minimum atomic E-state index is -0.912. The van der Waals surface area contributed by atoms with Gasteiger partial charge >= 0.3 is 5.97 Å². The normalized spacial score (nSPS) is 12.0. The van der Waals surface area contributed by atoms with E-state index in [-0.39, 0.29) is 37.3 Å². The zero-order valence-corrected chi connectivity index (χ0v) is 12.8. The van der Waals surface area contributed by atoms with Gasteiger partial charge in [-0.1, -0.05) is 31.5 Å². The summed E-state index contributed by atoms with van der Waals surface area (Å²) in [5.74, 6) is -0.311. The van der Waals surface area contributed by atoms with E-state index in [1.807, 2.05) is 45.0 Å². The molecule has 0 fully saturated rings. The van der Waals surface area contributed by atoms with Crippen molar-refractivity contribution in [1.82, 2.24) is 5.32 Å². The Balaban J connectivity index is 2.35. The summed E-state index contributed by atoms with van der Waals surface area (Å²) in [7, 11) is 0. The van der Waals surface area contributed by atoms with Gasteiger partial charge in [-0.25, -0.2) is 0 Å². The summed E-state index contributed by atoms with van der Waals surface area (Å²) in [6, 6.07) is 7.24. The quantitative estimate of drug-likeness (QED) is 0.771. The molecule has 0 spiro atoms. The Labute approximate surface area is 125 Å². The van der Waals surface area contributed by atoms with E-state index < -0.39 is 5.97 Å². The number of carboxylic acid groups (broad SMARTS) is 1. The highest BCUT2D eigenvalue weighted by Gasteiger charge is 2.19. The fourth-order valence-corrected chi connectivity index (χ4v) is 1.82. The molecule has 0 aliphatic rings. The third-order valence-electron chi connectivity index (χ3n) is 3.16. The first kappa shape index (κ1) is 17.0. The van der Waals surface area contributed by atoms with Gasteiger partial charge in [0.05, 0.1) is 19.4 Å². The van der Waals surface area contributed by atoms with Crippen LogP contribution in [-0.4, -0.2) is 29.6 Å². The lowest BCUT2D eigenvalue weighted by molar-refractivity contribution is -0.138. The molecule has 0 saturated heterocycles. The van der Waals surface area contributed by atoms with Crippen LogP contribution in [0.4, 0.5) is 0 Å². The largest absolute Gasteiger partial charge is 0.493 e. The van der Waals surface area contributed by atoms with Crippen LogP contribution in [0.3, 0.4) is 0 Å². The first-order chi connectivity index (χ1) is 9.88. The second-order valence-corrected chi connectivity index (χ2v) is 5.43. The average molecular weight is 293 g/mol. The van der Waals surface area contributed by atoms with E-state index in [1.54, 1.807) is 0 Å². The van der Waals surface area contributed by atoms with Crippen molar-refractivity contribution in [3.8, 4) is 5.75 Å². The highest BCUT2D eigenvalue weighted by Crippen LogP contribution is 2.11. The Kier molecular flexibility index (Phi) is 6.72. The number of hydrogen-bond donors (Lipinski definition) is 2. The average Bonchev–Trinajstić information content (AvgIpc) is 2.39. The lowest BCUT2D eigenvalue weighted by Crippen LogP contribution is -2.40. The number of aryl methyl sites for hydroxylation is 1. The second-order valence-electron chi connectivity index (χ2n) is 5.43. The van der Waals surface area contributed by atoms with Crippen molar-refractivity contribution in [2.45, 2.75) is 39.7 Å². The molecular weight excluding hydrogens is 270 g/mol. The third-order valence-corrected chi connectivity index (χ3v) is 3.16. The highest BCUT2D eigenvalue weighted by molar-refractivity contribution is 5.77. The Morgan fingerprint density at radius 2 is 1.86 bits per heavy atom. The van der Waals surface area contributed by atoms with Crippen LogP contribution in [0.15, 0.2) is 24.3 Å². The maximum absolute atomic E-state index is 11.8. The van der Waals surface area contributed by atoms with Crippen molar-refractivity contribution in [2.24, 2.45) is 5.92 Å². The number of carboxylic acids is 1. The monoisotopic (exact) mass is 293 g/mol. The number of ether oxygens (including phenoxy) is 1. The molecule has 116 valence electrons. The number of aliphatic carboxylic acids is 1. The van der Waals surface area contributed by atoms with Crippen molar-refractivity contribution in [3.63, 3.8) is 0 Å². The van der Waals surface area contributed by atoms with E-state index in [1.165, 1.54) is 0 Å². The lowest BCUT2D eigenvalue weighted by atomic mass is 10.0. The van der Waals surface area contributed by atoms with Gasteiger partial charge in [-0.3, -0.25) is 9.59 Å². The first-order valence-electron chi connectivity index (χ1n) is 7.09. The van der Waals surface area contributed by atoms with Crippen molar-refractivity contribution >= 4 is 11.9 Å². The number of nitrogens with one attached hydrogen (secondary N) is 1. The molecule has 1 amide bonds. The smallest absolute Gasteiger partial charge is 0.305 e. The molecule has 5 nitrogen and oxygen atoms in total. The molecule has 1 rings (SSSR count). The minimum Gasteiger partial charge on any atom is -0.493 e. The number of benzene rings is 1. The SMILES string of the molecule is Cc1ccc(OCCC(=O)NC(CC(=O)O)C(C)C)cc1. The van der Waals surface area contributed by atoms with Crippen molar-refractivity contribution in [3.05, 3.63) is 29.8 Å². The van der Waals surface area contributed by atoms with Crippen LogP contribution in [0.2, 0.25) is 0 Å². The predicted octanol–water partition coefficient (Wildman–Crippen LogP) is 2.38. The third kappa shape index (κ3) is 6.79. The van der Waals surface area contributed by atoms with Gasteiger partial charge in [0.2, 0.25) is 5.91 Å². The van der Waals surface area contributed by atoms with Gasteiger partial charge in [-0.05, 0) is 25.0 Å². The second kappa shape index (κ2) is 8.29. The van der Waals surface area contributed by atoms with E-state index in [0.29, 0.717) is 0 Å². The van der Waals surface area contributed by atoms with Gasteiger partial charge in [-0.2, -0.15) is 0 Å². The van der Waals surface area contributed by atoms with E-state index >= 15 is 0 Å². The lowest BCUT2D eigenvalue weighted by Gasteiger charge is -2.20. The maximum Gasteiger partial charge on any atom is 0.305 e. The molecule has 0 aliphatic heterocycles. The van der Waals surface area contributed by atoms with E-state index in [2.05, 4.69) is 5.32 Å². The summed E-state index contributed by atoms with van der Waals surface area (Å²) in [5, 5.41) is 11.6. The summed E-state index contributed by atoms with van der Waals surface area (Å²) in [6.45, 7) is 6.03. The van der Waals surface area contributed by atoms with Gasteiger partial charge in [0.25, 0.3) is 0 Å². The molecule has 1 aromatic carbocycles. The molecule has 1 aromatic rings. The summed E-state index contributed by atoms with van der Waals surface area (Å²) < 4.78 is 5.48. The molecule has 0 bridgehead atoms. The Morgan fingerprint density at radius 1 is 1.24 bits per heavy atom. The van der Waals surface area contributed by atoms with Crippen LogP contribution in [0, 0.1) is 12.8 Å². The van der Waals surface area contributed by atoms with Gasteiger partial charge < -0.3 is 15.2 Å². The molecule has 0 radical (unpaired) electrons. The summed E-state index contributed by atoms with van der Waals surface area (Å²) in [6.07, 6.45) is 0.138. The zero-order valence-electron chi connectivity index (χ0n) is 12.8. The Bertz CT molecular complexity index is 468. The molecule has 1 unspecified atom stereocenters. The Morgan fingerprint density at radius 3 is 2.38 bits per heavy atom. The van der Waals surface area contributed by atoms with E-state index in [4.69, 9.17) is 9.84 Å². The fourth-order valence-electron chi connectivity index (χ4n) is 1.82. The first-order valence-corrected chi connectivity index (χ1v) is 7.09. The van der Waals surface area contributed by atoms with Crippen LogP contribution in [0.5, 0.6) is 5.75 Å². The molecule has 5 heteroatoms. The minimum absolute atomic E-state index is 0.0672. The molecule has 0 heterocycles. The molecule has 2 N–H and O–H groups in total. The molecule has 0 aromatic heterocycles. The van der Waals surface area contributed by atoms with Crippen LogP contribution >= 0.6 is 0 Å². The standard InChI is InChI=1S/C16H23NO4/c1-11(2)14(10-16(19)20)17-15(18)8-9-21-13-6-4-12(3)5-7-13/h4-7,11,14H,8-10H2,1-3H3,(H,17,18)(H,19,20). The molecule has 0 aliphatic carbocycles. The number of hydrogen-bond acceptors (Lipinski definition) is 3. The fraction of sp³-hybridized carbons (Fsp3) is 0.500. The van der Waals surface area contributed by atoms with Crippen LogP contribution in [0.1, 0.15) is 32.3 Å². The maximum atomic E-state index is 11.8. The molecule has 0 saturated carbocycles. The summed E-state index contributed by atoms with van der Waals surface area (Å²) in [4.78, 5) is 22.5. The van der Waals surface area contributed by atoms with Crippen LogP contribution in [-0.2, 0) is 9.59 Å². The molecule has 21 heavy (non-hydrogen) atoms. The highest BCUT2D eigenvalue weighted by atomic mass is 16.5. The van der Waals surface area contributed by atoms with Crippen molar-refractivity contribution < 1.29 is 19.4 Å². The topological polar surface area (TPSA) is 75.6 Å². The van der Waals surface area contributed by atoms with Gasteiger partial charge in [0.1, 0.15) is 5.75 Å². The van der Waals surface area contributed by atoms with Gasteiger partial charge in [0, 0.05) is 6.04 Å². The van der Waals surface area contributed by atoms with E-state index in [0.717, 1.165) is 11.3 Å². The summed E-state index contributed by atoms with van der Waals surface area (Å²) >= 11 is 0. The van der Waals surface area contributed by atoms with E-state index in [9.17, 15) is 9.59 Å². The van der Waals surface area contributed by atoms with Crippen molar-refractivity contribution in [1.29, 1.82) is 0 Å². The number of amides is 1. The zero-order chi connectivity index (χ0) is 15.8. The van der Waals surface area contributed by atoms with Crippen LogP contribution < -0.4 is 10.1 Å². The van der Waals surface area contributed by atoms with Gasteiger partial charge in [-0.15, -0.1) is 0 Å². The molecular formula is C16H23NO4. The van der Waals surface area contributed by atoms with Crippen LogP contribution in [0.25, 0.3) is 0 Å². The van der Waals surface area contributed by atoms with Gasteiger partial charge in [0.15, 0.2) is 0 Å².